The zero-order valence-electron chi connectivity index (χ0n) is 13.4. The quantitative estimate of drug-likeness (QED) is 0.911. The summed E-state index contributed by atoms with van der Waals surface area (Å²) >= 11 is 6.20. The molecule has 2 heterocycles. The van der Waals surface area contributed by atoms with Gasteiger partial charge in [0.05, 0.1) is 12.6 Å². The standard InChI is InChI=1S/C19H17ClFN3O/c20-16-4-2-1-3-14(16)12-23-9-10-24-18(19(23)25)11-17(22-24)13-5-7-15(21)8-6-13/h1-10,17-18,22H,11-12H2. The highest BCUT2D eigenvalue weighted by Gasteiger charge is 2.39. The molecule has 1 N–H and O–H groups in total. The van der Waals surface area contributed by atoms with Crippen molar-refractivity contribution in [2.75, 3.05) is 0 Å². The molecule has 2 aliphatic rings. The van der Waals surface area contributed by atoms with Gasteiger partial charge in [-0.1, -0.05) is 41.9 Å². The number of carbonyl (C=O) groups excluding carboxylic acids is 1. The fraction of sp³-hybridized carbons (Fsp3) is 0.211. The lowest BCUT2D eigenvalue weighted by Crippen LogP contribution is -2.47. The van der Waals surface area contributed by atoms with Gasteiger partial charge in [-0.05, 0) is 35.7 Å². The Kier molecular flexibility index (Phi) is 4.19. The third kappa shape index (κ3) is 3.13. The third-order valence-corrected chi connectivity index (χ3v) is 5.01. The summed E-state index contributed by atoms with van der Waals surface area (Å²) in [6, 6.07) is 13.6. The Morgan fingerprint density at radius 2 is 1.88 bits per heavy atom. The Labute approximate surface area is 150 Å². The van der Waals surface area contributed by atoms with E-state index in [-0.39, 0.29) is 23.8 Å². The van der Waals surface area contributed by atoms with Crippen LogP contribution in [0.5, 0.6) is 0 Å². The van der Waals surface area contributed by atoms with Crippen molar-refractivity contribution in [2.24, 2.45) is 0 Å². The molecule has 6 heteroatoms. The van der Waals surface area contributed by atoms with E-state index in [1.54, 1.807) is 23.2 Å². The van der Waals surface area contributed by atoms with Crippen LogP contribution in [-0.2, 0) is 11.3 Å². The van der Waals surface area contributed by atoms with Crippen molar-refractivity contribution in [1.82, 2.24) is 15.3 Å². The lowest BCUT2D eigenvalue weighted by molar-refractivity contribution is -0.134. The fourth-order valence-corrected chi connectivity index (χ4v) is 3.49. The molecule has 1 fully saturated rings. The number of rotatable bonds is 3. The maximum absolute atomic E-state index is 13.1. The molecule has 2 aliphatic heterocycles. The van der Waals surface area contributed by atoms with Crippen molar-refractivity contribution in [1.29, 1.82) is 0 Å². The molecule has 25 heavy (non-hydrogen) atoms. The number of hydrazine groups is 1. The Morgan fingerprint density at radius 1 is 1.12 bits per heavy atom. The Balaban J connectivity index is 1.50. The zero-order valence-corrected chi connectivity index (χ0v) is 14.2. The number of carbonyl (C=O) groups is 1. The average Bonchev–Trinajstić information content (AvgIpc) is 3.05. The van der Waals surface area contributed by atoms with E-state index >= 15 is 0 Å². The number of amides is 1. The lowest BCUT2D eigenvalue weighted by atomic mass is 10.0. The molecule has 2 unspecified atom stereocenters. The van der Waals surface area contributed by atoms with E-state index < -0.39 is 0 Å². The van der Waals surface area contributed by atoms with E-state index in [9.17, 15) is 9.18 Å². The second kappa shape index (κ2) is 6.50. The SMILES string of the molecule is O=C1C2CC(c3ccc(F)cc3)NN2C=CN1Cc1ccccc1Cl. The summed E-state index contributed by atoms with van der Waals surface area (Å²) < 4.78 is 13.1. The van der Waals surface area contributed by atoms with Crippen LogP contribution in [0.2, 0.25) is 5.02 Å². The minimum absolute atomic E-state index is 0.0144. The molecule has 0 spiro atoms. The highest BCUT2D eigenvalue weighted by Crippen LogP contribution is 2.31. The molecule has 1 saturated heterocycles. The monoisotopic (exact) mass is 357 g/mol. The molecule has 0 saturated carbocycles. The van der Waals surface area contributed by atoms with Crippen LogP contribution in [0.1, 0.15) is 23.6 Å². The molecule has 1 amide bonds. The van der Waals surface area contributed by atoms with E-state index in [1.165, 1.54) is 12.1 Å². The highest BCUT2D eigenvalue weighted by molar-refractivity contribution is 6.31. The van der Waals surface area contributed by atoms with Crippen molar-refractivity contribution < 1.29 is 9.18 Å². The van der Waals surface area contributed by atoms with Crippen LogP contribution in [0.3, 0.4) is 0 Å². The Morgan fingerprint density at radius 3 is 2.64 bits per heavy atom. The van der Waals surface area contributed by atoms with Crippen LogP contribution in [-0.4, -0.2) is 21.9 Å². The van der Waals surface area contributed by atoms with Gasteiger partial charge in [0.2, 0.25) is 0 Å². The van der Waals surface area contributed by atoms with Crippen molar-refractivity contribution in [3.63, 3.8) is 0 Å². The van der Waals surface area contributed by atoms with Gasteiger partial charge < -0.3 is 9.91 Å². The summed E-state index contributed by atoms with van der Waals surface area (Å²) in [6.07, 6.45) is 4.27. The van der Waals surface area contributed by atoms with Gasteiger partial charge in [-0.3, -0.25) is 4.79 Å². The number of benzene rings is 2. The molecule has 2 atom stereocenters. The normalized spacial score (nSPS) is 22.4. The van der Waals surface area contributed by atoms with Crippen LogP contribution in [0.25, 0.3) is 0 Å². The first-order valence-electron chi connectivity index (χ1n) is 8.14. The summed E-state index contributed by atoms with van der Waals surface area (Å²) in [5.41, 5.74) is 5.19. The van der Waals surface area contributed by atoms with E-state index in [2.05, 4.69) is 5.43 Å². The van der Waals surface area contributed by atoms with Gasteiger partial charge in [0.25, 0.3) is 5.91 Å². The number of fused-ring (bicyclic) bond motifs is 1. The molecule has 4 rings (SSSR count). The zero-order chi connectivity index (χ0) is 17.4. The van der Waals surface area contributed by atoms with Crippen molar-refractivity contribution in [2.45, 2.75) is 25.0 Å². The van der Waals surface area contributed by atoms with Crippen molar-refractivity contribution in [3.05, 3.63) is 82.9 Å². The lowest BCUT2D eigenvalue weighted by Gasteiger charge is -2.32. The van der Waals surface area contributed by atoms with Gasteiger partial charge >= 0.3 is 0 Å². The first-order chi connectivity index (χ1) is 12.1. The predicted octanol–water partition coefficient (Wildman–Crippen LogP) is 3.61. The molecule has 2 aromatic carbocycles. The van der Waals surface area contributed by atoms with Crippen molar-refractivity contribution >= 4 is 17.5 Å². The average molecular weight is 358 g/mol. The minimum Gasteiger partial charge on any atom is -0.311 e. The molecule has 128 valence electrons. The van der Waals surface area contributed by atoms with Gasteiger partial charge in [0.15, 0.2) is 0 Å². The van der Waals surface area contributed by atoms with Crippen LogP contribution in [0, 0.1) is 5.82 Å². The summed E-state index contributed by atoms with van der Waals surface area (Å²) in [7, 11) is 0. The van der Waals surface area contributed by atoms with E-state index in [4.69, 9.17) is 11.6 Å². The number of hydrogen-bond acceptors (Lipinski definition) is 3. The van der Waals surface area contributed by atoms with Crippen LogP contribution in [0.4, 0.5) is 4.39 Å². The maximum Gasteiger partial charge on any atom is 0.251 e. The summed E-state index contributed by atoms with van der Waals surface area (Å²) in [4.78, 5) is 14.5. The maximum atomic E-state index is 13.1. The van der Waals surface area contributed by atoms with Gasteiger partial charge in [0, 0.05) is 17.4 Å². The van der Waals surface area contributed by atoms with Gasteiger partial charge in [-0.2, -0.15) is 0 Å². The number of nitrogens with one attached hydrogen (secondary N) is 1. The number of halogens is 2. The molecule has 0 bridgehead atoms. The molecule has 0 aromatic heterocycles. The topological polar surface area (TPSA) is 35.6 Å². The summed E-state index contributed by atoms with van der Waals surface area (Å²) in [5.74, 6) is -0.235. The summed E-state index contributed by atoms with van der Waals surface area (Å²) in [5, 5.41) is 2.49. The summed E-state index contributed by atoms with van der Waals surface area (Å²) in [6.45, 7) is 0.445. The Hall–Kier alpha value is -2.37. The van der Waals surface area contributed by atoms with Crippen molar-refractivity contribution in [3.8, 4) is 0 Å². The second-order valence-electron chi connectivity index (χ2n) is 6.25. The number of nitrogens with zero attached hydrogens (tertiary/aromatic N) is 2. The van der Waals surface area contributed by atoms with Gasteiger partial charge in [0.1, 0.15) is 11.9 Å². The number of hydrogen-bond donors (Lipinski definition) is 1. The largest absolute Gasteiger partial charge is 0.311 e. The molecular formula is C19H17ClFN3O. The van der Waals surface area contributed by atoms with Crippen LogP contribution >= 0.6 is 11.6 Å². The van der Waals surface area contributed by atoms with E-state index in [0.717, 1.165) is 11.1 Å². The molecule has 0 radical (unpaired) electrons. The van der Waals surface area contributed by atoms with Gasteiger partial charge in [-0.15, -0.1) is 0 Å². The molecule has 4 nitrogen and oxygen atoms in total. The second-order valence-corrected chi connectivity index (χ2v) is 6.65. The highest BCUT2D eigenvalue weighted by atomic mass is 35.5. The fourth-order valence-electron chi connectivity index (χ4n) is 3.29. The van der Waals surface area contributed by atoms with Gasteiger partial charge in [-0.25, -0.2) is 9.82 Å². The molecule has 2 aromatic rings. The first kappa shape index (κ1) is 16.1. The molecular weight excluding hydrogens is 341 g/mol. The van der Waals surface area contributed by atoms with E-state index in [1.807, 2.05) is 35.5 Å². The minimum atomic E-state index is -0.275. The van der Waals surface area contributed by atoms with Crippen LogP contribution < -0.4 is 5.43 Å². The smallest absolute Gasteiger partial charge is 0.251 e. The van der Waals surface area contributed by atoms with Crippen LogP contribution in [0.15, 0.2) is 60.9 Å². The Bertz CT molecular complexity index is 824. The third-order valence-electron chi connectivity index (χ3n) is 4.65. The first-order valence-corrected chi connectivity index (χ1v) is 8.52. The predicted molar refractivity (Wildman–Crippen MR) is 93.7 cm³/mol. The van der Waals surface area contributed by atoms with E-state index in [0.29, 0.717) is 18.0 Å². The molecule has 0 aliphatic carbocycles.